The minimum absolute atomic E-state index is 0.133. The number of allylic oxidation sites excluding steroid dienone is 2. The summed E-state index contributed by atoms with van der Waals surface area (Å²) in [6, 6.07) is -1.58. The van der Waals surface area contributed by atoms with Crippen molar-refractivity contribution in [2.24, 2.45) is 0 Å². The molecule has 100 valence electrons. The van der Waals surface area contributed by atoms with Gasteiger partial charge in [0.25, 0.3) is 0 Å². The number of amides is 2. The van der Waals surface area contributed by atoms with Crippen molar-refractivity contribution >= 4 is 12.0 Å². The summed E-state index contributed by atoms with van der Waals surface area (Å²) in [7, 11) is 0. The molecule has 2 heterocycles. The van der Waals surface area contributed by atoms with Crippen molar-refractivity contribution in [3.63, 3.8) is 0 Å². The molecule has 1 aromatic heterocycles. The van der Waals surface area contributed by atoms with Gasteiger partial charge in [0, 0.05) is 30.7 Å². The molecule has 8 heteroatoms. The first-order chi connectivity index (χ1) is 9.16. The maximum absolute atomic E-state index is 11.8. The summed E-state index contributed by atoms with van der Waals surface area (Å²) >= 11 is 0. The van der Waals surface area contributed by atoms with Gasteiger partial charge in [-0.1, -0.05) is 0 Å². The molecule has 1 aromatic rings. The number of nitrogens with zero attached hydrogens (tertiary/aromatic N) is 2. The highest BCUT2D eigenvalue weighted by molar-refractivity contribution is 5.83. The van der Waals surface area contributed by atoms with E-state index >= 15 is 0 Å². The standard InChI is InChI=1S/C11H13N5O3/c17-10(18)9(5-8-6-12-7-13-8)15-11(19)16-4-2-1-3-14-16/h1-4,6-7,9,14H,5H2,(H,12,13)(H,15,19)(H,17,18)/t9-/m0/s1. The van der Waals surface area contributed by atoms with Crippen LogP contribution in [0.2, 0.25) is 0 Å². The Morgan fingerprint density at radius 2 is 2.32 bits per heavy atom. The first-order valence-electron chi connectivity index (χ1n) is 5.56. The number of carboxylic acid groups (broad SMARTS) is 1. The van der Waals surface area contributed by atoms with Crippen LogP contribution >= 0.6 is 0 Å². The van der Waals surface area contributed by atoms with Gasteiger partial charge < -0.3 is 15.4 Å². The molecule has 0 bridgehead atoms. The summed E-state index contributed by atoms with van der Waals surface area (Å²) in [6.07, 6.45) is 9.52. The second-order valence-electron chi connectivity index (χ2n) is 3.82. The van der Waals surface area contributed by atoms with E-state index in [0.29, 0.717) is 5.69 Å². The Balaban J connectivity index is 1.96. The number of aliphatic carboxylic acids is 1. The van der Waals surface area contributed by atoms with Crippen molar-refractivity contribution < 1.29 is 14.7 Å². The molecule has 1 atom stereocenters. The van der Waals surface area contributed by atoms with Crippen molar-refractivity contribution in [3.05, 3.63) is 42.8 Å². The van der Waals surface area contributed by atoms with Gasteiger partial charge in [-0.05, 0) is 12.2 Å². The zero-order valence-corrected chi connectivity index (χ0v) is 9.91. The third kappa shape index (κ3) is 3.35. The number of aromatic nitrogens is 2. The van der Waals surface area contributed by atoms with E-state index in [1.54, 1.807) is 18.4 Å². The molecule has 0 saturated heterocycles. The van der Waals surface area contributed by atoms with Crippen molar-refractivity contribution in [1.29, 1.82) is 0 Å². The quantitative estimate of drug-likeness (QED) is 0.609. The van der Waals surface area contributed by atoms with Crippen LogP contribution in [0, 0.1) is 0 Å². The monoisotopic (exact) mass is 263 g/mol. The molecule has 0 unspecified atom stereocenters. The number of hydrogen-bond acceptors (Lipinski definition) is 4. The Kier molecular flexibility index (Phi) is 3.81. The topological polar surface area (TPSA) is 110 Å². The van der Waals surface area contributed by atoms with Gasteiger partial charge in [-0.2, -0.15) is 0 Å². The predicted molar refractivity (Wildman–Crippen MR) is 65.5 cm³/mol. The highest BCUT2D eigenvalue weighted by Crippen LogP contribution is 2.01. The number of nitrogens with one attached hydrogen (secondary N) is 3. The van der Waals surface area contributed by atoms with Crippen molar-refractivity contribution in [1.82, 2.24) is 25.7 Å². The Labute approximate surface area is 108 Å². The largest absolute Gasteiger partial charge is 0.480 e. The zero-order chi connectivity index (χ0) is 13.7. The lowest BCUT2D eigenvalue weighted by Gasteiger charge is -2.22. The molecule has 1 aliphatic heterocycles. The molecule has 8 nitrogen and oxygen atoms in total. The Hall–Kier alpha value is -2.77. The Morgan fingerprint density at radius 3 is 2.89 bits per heavy atom. The summed E-state index contributed by atoms with van der Waals surface area (Å²) < 4.78 is 0. The van der Waals surface area contributed by atoms with E-state index in [-0.39, 0.29) is 6.42 Å². The fourth-order valence-electron chi connectivity index (χ4n) is 1.52. The smallest absolute Gasteiger partial charge is 0.340 e. The van der Waals surface area contributed by atoms with Crippen LogP contribution in [-0.4, -0.2) is 38.1 Å². The van der Waals surface area contributed by atoms with Crippen LogP contribution in [0.5, 0.6) is 0 Å². The summed E-state index contributed by atoms with van der Waals surface area (Å²) in [5.41, 5.74) is 3.30. The number of carbonyl (C=O) groups excluding carboxylic acids is 1. The third-order valence-corrected chi connectivity index (χ3v) is 2.45. The van der Waals surface area contributed by atoms with Crippen LogP contribution in [0.25, 0.3) is 0 Å². The maximum Gasteiger partial charge on any atom is 0.340 e. The molecule has 0 saturated carbocycles. The Morgan fingerprint density at radius 1 is 1.47 bits per heavy atom. The number of carboxylic acids is 1. The summed E-state index contributed by atoms with van der Waals surface area (Å²) in [5.74, 6) is -1.11. The molecule has 0 aliphatic carbocycles. The number of aromatic amines is 1. The first kappa shape index (κ1) is 12.7. The van der Waals surface area contributed by atoms with Crippen LogP contribution in [0.4, 0.5) is 4.79 Å². The predicted octanol–water partition coefficient (Wildman–Crippen LogP) is -0.0374. The molecule has 0 spiro atoms. The van der Waals surface area contributed by atoms with Crippen molar-refractivity contribution in [2.75, 3.05) is 0 Å². The lowest BCUT2D eigenvalue weighted by atomic mass is 10.2. The molecule has 0 radical (unpaired) electrons. The molecular weight excluding hydrogens is 250 g/mol. The summed E-state index contributed by atoms with van der Waals surface area (Å²) in [4.78, 5) is 29.5. The van der Waals surface area contributed by atoms with Crippen molar-refractivity contribution in [3.8, 4) is 0 Å². The molecular formula is C11H13N5O3. The second kappa shape index (κ2) is 5.71. The number of H-pyrrole nitrogens is 1. The highest BCUT2D eigenvalue weighted by Gasteiger charge is 2.23. The number of rotatable bonds is 4. The van der Waals surface area contributed by atoms with Gasteiger partial charge in [0.05, 0.1) is 6.33 Å². The van der Waals surface area contributed by atoms with E-state index in [1.165, 1.54) is 18.7 Å². The van der Waals surface area contributed by atoms with Crippen molar-refractivity contribution in [2.45, 2.75) is 12.5 Å². The molecule has 2 amide bonds. The molecule has 1 aliphatic rings. The lowest BCUT2D eigenvalue weighted by Crippen LogP contribution is -2.50. The first-order valence-corrected chi connectivity index (χ1v) is 5.56. The number of urea groups is 1. The molecule has 2 rings (SSSR count). The van der Waals surface area contributed by atoms with Crippen LogP contribution in [-0.2, 0) is 11.2 Å². The van der Waals surface area contributed by atoms with E-state index in [2.05, 4.69) is 20.7 Å². The van der Waals surface area contributed by atoms with Crippen LogP contribution in [0.1, 0.15) is 5.69 Å². The summed E-state index contributed by atoms with van der Waals surface area (Å²) in [5, 5.41) is 12.7. The van der Waals surface area contributed by atoms with Crippen LogP contribution < -0.4 is 10.7 Å². The van der Waals surface area contributed by atoms with E-state index in [0.717, 1.165) is 5.01 Å². The van der Waals surface area contributed by atoms with E-state index in [1.807, 2.05) is 0 Å². The number of hydrazine groups is 1. The second-order valence-corrected chi connectivity index (χ2v) is 3.82. The Bertz CT molecular complexity index is 508. The van der Waals surface area contributed by atoms with E-state index in [9.17, 15) is 9.59 Å². The van der Waals surface area contributed by atoms with E-state index < -0.39 is 18.0 Å². The van der Waals surface area contributed by atoms with Crippen LogP contribution in [0.3, 0.4) is 0 Å². The average molecular weight is 263 g/mol. The molecule has 0 fully saturated rings. The van der Waals surface area contributed by atoms with E-state index in [4.69, 9.17) is 5.11 Å². The zero-order valence-electron chi connectivity index (χ0n) is 9.91. The van der Waals surface area contributed by atoms with Gasteiger partial charge in [-0.25, -0.2) is 19.6 Å². The average Bonchev–Trinajstić information content (AvgIpc) is 2.91. The third-order valence-electron chi connectivity index (χ3n) is 2.45. The molecule has 0 aromatic carbocycles. The fraction of sp³-hybridized carbons (Fsp3) is 0.182. The maximum atomic E-state index is 11.8. The normalized spacial score (nSPS) is 14.8. The van der Waals surface area contributed by atoms with Gasteiger partial charge in [-0.15, -0.1) is 0 Å². The molecule has 19 heavy (non-hydrogen) atoms. The summed E-state index contributed by atoms with van der Waals surface area (Å²) in [6.45, 7) is 0. The minimum Gasteiger partial charge on any atom is -0.480 e. The minimum atomic E-state index is -1.11. The van der Waals surface area contributed by atoms with Gasteiger partial charge in [0.1, 0.15) is 6.04 Å². The molecule has 4 N–H and O–H groups in total. The van der Waals surface area contributed by atoms with Gasteiger partial charge in [0.2, 0.25) is 0 Å². The SMILES string of the molecule is O=C(O)[C@H](Cc1cnc[nH]1)NC(=O)N1C=CC=CN1. The van der Waals surface area contributed by atoms with Crippen LogP contribution in [0.15, 0.2) is 37.1 Å². The van der Waals surface area contributed by atoms with Gasteiger partial charge in [0.15, 0.2) is 0 Å². The van der Waals surface area contributed by atoms with Gasteiger partial charge >= 0.3 is 12.0 Å². The lowest BCUT2D eigenvalue weighted by molar-refractivity contribution is -0.139. The number of carbonyl (C=O) groups is 2. The number of hydrogen-bond donors (Lipinski definition) is 4. The number of imidazole rings is 1. The fourth-order valence-corrected chi connectivity index (χ4v) is 1.52. The van der Waals surface area contributed by atoms with Gasteiger partial charge in [-0.3, -0.25) is 5.43 Å². The highest BCUT2D eigenvalue weighted by atomic mass is 16.4.